The van der Waals surface area contributed by atoms with Crippen molar-refractivity contribution in [2.75, 3.05) is 39.8 Å². The zero-order chi connectivity index (χ0) is 18.5. The number of hydrogen-bond acceptors (Lipinski definition) is 4. The van der Waals surface area contributed by atoms with Gasteiger partial charge < -0.3 is 19.7 Å². The molecule has 0 aliphatic carbocycles. The van der Waals surface area contributed by atoms with Gasteiger partial charge in [0.05, 0.1) is 24.4 Å². The van der Waals surface area contributed by atoms with Crippen LogP contribution in [-0.4, -0.2) is 85.5 Å². The highest BCUT2D eigenvalue weighted by Gasteiger charge is 2.53. The average molecular weight is 492 g/mol. The van der Waals surface area contributed by atoms with E-state index in [4.69, 9.17) is 9.47 Å². The van der Waals surface area contributed by atoms with Crippen molar-refractivity contribution in [3.05, 3.63) is 0 Å². The molecule has 4 aliphatic heterocycles. The van der Waals surface area contributed by atoms with Gasteiger partial charge in [0.25, 0.3) is 0 Å². The van der Waals surface area contributed by atoms with Crippen LogP contribution >= 0.6 is 24.0 Å². The number of hydrogen-bond donors (Lipinski definition) is 1. The van der Waals surface area contributed by atoms with Gasteiger partial charge >= 0.3 is 0 Å². The van der Waals surface area contributed by atoms with Gasteiger partial charge in [-0.15, -0.1) is 24.0 Å². The molecule has 1 N–H and O–H groups in total. The molecule has 6 atom stereocenters. The molecule has 4 aliphatic rings. The Morgan fingerprint density at radius 3 is 2.07 bits per heavy atom. The maximum atomic E-state index is 6.11. The average Bonchev–Trinajstić information content (AvgIpc) is 3.27. The number of rotatable bonds is 3. The minimum atomic E-state index is 0. The van der Waals surface area contributed by atoms with Crippen LogP contribution in [0.4, 0.5) is 0 Å². The number of nitrogens with zero attached hydrogens (tertiary/aromatic N) is 3. The first kappa shape index (κ1) is 21.6. The van der Waals surface area contributed by atoms with E-state index in [2.05, 4.69) is 47.8 Å². The predicted molar refractivity (Wildman–Crippen MR) is 119 cm³/mol. The minimum Gasteiger partial charge on any atom is -0.374 e. The van der Waals surface area contributed by atoms with Gasteiger partial charge in [0, 0.05) is 57.1 Å². The summed E-state index contributed by atoms with van der Waals surface area (Å²) < 4.78 is 12.0. The summed E-state index contributed by atoms with van der Waals surface area (Å²) in [5.74, 6) is 2.48. The minimum absolute atomic E-state index is 0. The number of halogens is 1. The summed E-state index contributed by atoms with van der Waals surface area (Å²) in [6.45, 7) is 14.1. The van der Waals surface area contributed by atoms with E-state index in [9.17, 15) is 0 Å². The van der Waals surface area contributed by atoms with Crippen molar-refractivity contribution in [1.82, 2.24) is 15.1 Å². The lowest BCUT2D eigenvalue weighted by molar-refractivity contribution is -0.0947. The van der Waals surface area contributed by atoms with Gasteiger partial charge in [-0.25, -0.2) is 0 Å². The third-order valence-corrected chi connectivity index (χ3v) is 6.92. The maximum absolute atomic E-state index is 6.11. The summed E-state index contributed by atoms with van der Waals surface area (Å²) >= 11 is 0. The third kappa shape index (κ3) is 4.26. The van der Waals surface area contributed by atoms with Crippen molar-refractivity contribution in [3.8, 4) is 0 Å². The molecule has 6 unspecified atom stereocenters. The van der Waals surface area contributed by atoms with Crippen LogP contribution in [0, 0.1) is 11.8 Å². The second-order valence-electron chi connectivity index (χ2n) is 9.40. The highest BCUT2D eigenvalue weighted by atomic mass is 127. The van der Waals surface area contributed by atoms with Crippen molar-refractivity contribution >= 4 is 29.9 Å². The van der Waals surface area contributed by atoms with Gasteiger partial charge in [-0.3, -0.25) is 9.89 Å². The van der Waals surface area contributed by atoms with E-state index in [0.29, 0.717) is 36.3 Å². The van der Waals surface area contributed by atoms with Crippen LogP contribution in [0.3, 0.4) is 0 Å². The number of morpholine rings is 1. The largest absolute Gasteiger partial charge is 0.374 e. The summed E-state index contributed by atoms with van der Waals surface area (Å²) in [6.07, 6.45) is 4.11. The number of likely N-dealkylation sites (tertiary alicyclic amines) is 1. The molecule has 7 heteroatoms. The third-order valence-electron chi connectivity index (χ3n) is 6.92. The lowest BCUT2D eigenvalue weighted by Crippen LogP contribution is -2.59. The molecule has 4 saturated heterocycles. The van der Waals surface area contributed by atoms with Gasteiger partial charge in [0.2, 0.25) is 0 Å². The van der Waals surface area contributed by atoms with Gasteiger partial charge in [0.1, 0.15) is 0 Å². The van der Waals surface area contributed by atoms with Crippen LogP contribution in [0.25, 0.3) is 0 Å². The van der Waals surface area contributed by atoms with Crippen LogP contribution in [0.1, 0.15) is 40.5 Å². The number of ether oxygens (including phenoxy) is 2. The fraction of sp³-hybridized carbons (Fsp3) is 0.950. The number of aliphatic imine (C=N–C) groups is 1. The second-order valence-corrected chi connectivity index (χ2v) is 9.40. The highest BCUT2D eigenvalue weighted by molar-refractivity contribution is 14.0. The molecule has 2 bridgehead atoms. The zero-order valence-corrected chi connectivity index (χ0v) is 19.8. The number of fused-ring (bicyclic) bond motifs is 5. The molecule has 0 spiro atoms. The fourth-order valence-electron chi connectivity index (χ4n) is 5.54. The highest BCUT2D eigenvalue weighted by Crippen LogP contribution is 2.47. The Hall–Kier alpha value is -0.120. The molecule has 0 aromatic rings. The second kappa shape index (κ2) is 8.32. The summed E-state index contributed by atoms with van der Waals surface area (Å²) in [5.41, 5.74) is 0.0694. The lowest BCUT2D eigenvalue weighted by atomic mass is 9.82. The molecule has 156 valence electrons. The zero-order valence-electron chi connectivity index (χ0n) is 17.5. The summed E-state index contributed by atoms with van der Waals surface area (Å²) in [6, 6.07) is 0. The Morgan fingerprint density at radius 1 is 1.00 bits per heavy atom. The van der Waals surface area contributed by atoms with Crippen LogP contribution in [-0.2, 0) is 9.47 Å². The molecular formula is C20H37IN4O2. The fourth-order valence-corrected chi connectivity index (χ4v) is 5.54. The first-order valence-electron chi connectivity index (χ1n) is 10.4. The van der Waals surface area contributed by atoms with E-state index in [-0.39, 0.29) is 29.5 Å². The van der Waals surface area contributed by atoms with Crippen molar-refractivity contribution in [2.45, 2.75) is 70.5 Å². The van der Waals surface area contributed by atoms with E-state index in [0.717, 1.165) is 38.7 Å². The first-order chi connectivity index (χ1) is 12.4. The molecule has 4 fully saturated rings. The molecular weight excluding hydrogens is 455 g/mol. The van der Waals surface area contributed by atoms with Gasteiger partial charge in [-0.05, 0) is 40.5 Å². The van der Waals surface area contributed by atoms with Crippen molar-refractivity contribution < 1.29 is 9.47 Å². The Labute approximate surface area is 181 Å². The van der Waals surface area contributed by atoms with E-state index in [1.165, 1.54) is 12.8 Å². The van der Waals surface area contributed by atoms with Crippen LogP contribution in [0.15, 0.2) is 4.99 Å². The van der Waals surface area contributed by atoms with Crippen molar-refractivity contribution in [3.63, 3.8) is 0 Å². The summed E-state index contributed by atoms with van der Waals surface area (Å²) in [5, 5.41) is 3.67. The van der Waals surface area contributed by atoms with Crippen LogP contribution in [0.5, 0.6) is 0 Å². The molecule has 4 rings (SSSR count). The van der Waals surface area contributed by atoms with E-state index < -0.39 is 0 Å². The molecule has 0 saturated carbocycles. The predicted octanol–water partition coefficient (Wildman–Crippen LogP) is 2.18. The van der Waals surface area contributed by atoms with E-state index in [1.807, 2.05) is 7.05 Å². The van der Waals surface area contributed by atoms with Gasteiger partial charge in [-0.2, -0.15) is 0 Å². The normalized spacial score (nSPS) is 39.4. The lowest BCUT2D eigenvalue weighted by Gasteiger charge is -2.45. The Kier molecular flexibility index (Phi) is 6.65. The summed E-state index contributed by atoms with van der Waals surface area (Å²) in [4.78, 5) is 9.61. The first-order valence-corrected chi connectivity index (χ1v) is 10.4. The number of guanidine groups is 1. The van der Waals surface area contributed by atoms with E-state index in [1.54, 1.807) is 0 Å². The smallest absolute Gasteiger partial charge is 0.193 e. The molecule has 0 aromatic heterocycles. The molecule has 27 heavy (non-hydrogen) atoms. The van der Waals surface area contributed by atoms with Crippen molar-refractivity contribution in [2.24, 2.45) is 16.8 Å². The molecule has 4 heterocycles. The SMILES string of the molecule is CN=C(NCC(C)(C)N1CC(C)OC(C)C1)N1CC2C3CCC(O3)C2C1.I. The summed E-state index contributed by atoms with van der Waals surface area (Å²) in [7, 11) is 1.91. The quantitative estimate of drug-likeness (QED) is 0.372. The molecule has 0 radical (unpaired) electrons. The maximum Gasteiger partial charge on any atom is 0.193 e. The van der Waals surface area contributed by atoms with Crippen LogP contribution < -0.4 is 5.32 Å². The van der Waals surface area contributed by atoms with E-state index >= 15 is 0 Å². The Bertz CT molecular complexity index is 530. The Balaban J connectivity index is 0.00000210. The van der Waals surface area contributed by atoms with Gasteiger partial charge in [-0.1, -0.05) is 0 Å². The standard InChI is InChI=1S/C20H36N4O2.HI/c1-13-8-24(9-14(2)25-13)20(3,4)12-22-19(21-5)23-10-15-16(11-23)18-7-6-17(15)26-18;/h13-18H,6-12H2,1-5H3,(H,21,22);1H. The van der Waals surface area contributed by atoms with Crippen LogP contribution in [0.2, 0.25) is 0 Å². The molecule has 0 aromatic carbocycles. The van der Waals surface area contributed by atoms with Gasteiger partial charge in [0.15, 0.2) is 5.96 Å². The monoisotopic (exact) mass is 492 g/mol. The number of nitrogens with one attached hydrogen (secondary N) is 1. The Morgan fingerprint density at radius 2 is 1.56 bits per heavy atom. The molecule has 6 nitrogen and oxygen atoms in total. The molecule has 0 amide bonds. The topological polar surface area (TPSA) is 49.3 Å². The van der Waals surface area contributed by atoms with Crippen molar-refractivity contribution in [1.29, 1.82) is 0 Å².